The average Bonchev–Trinajstić information content (AvgIpc) is 2.83. The van der Waals surface area contributed by atoms with E-state index in [0.717, 1.165) is 11.3 Å². The first-order valence-electron chi connectivity index (χ1n) is 6.34. The van der Waals surface area contributed by atoms with Crippen LogP contribution in [0.1, 0.15) is 5.56 Å². The summed E-state index contributed by atoms with van der Waals surface area (Å²) >= 11 is 1.37. The highest BCUT2D eigenvalue weighted by Gasteiger charge is 2.48. The van der Waals surface area contributed by atoms with Gasteiger partial charge in [-0.2, -0.15) is 0 Å². The number of methoxy groups -OCH3 is 1. The summed E-state index contributed by atoms with van der Waals surface area (Å²) in [4.78, 5) is 1.89. The molecule has 0 spiro atoms. The number of benzene rings is 1. The normalized spacial score (nSPS) is 27.6. The van der Waals surface area contributed by atoms with E-state index in [0.29, 0.717) is 11.7 Å². The molecule has 0 radical (unpaired) electrons. The van der Waals surface area contributed by atoms with Crippen LogP contribution in [0.2, 0.25) is 0 Å². The molecule has 0 unspecified atom stereocenters. The molecule has 0 aromatic heterocycles. The van der Waals surface area contributed by atoms with Crippen LogP contribution >= 0.6 is 11.8 Å². The molecular weight excluding hydrogens is 296 g/mol. The number of rotatable bonds is 3. The van der Waals surface area contributed by atoms with Crippen LogP contribution in [0.15, 0.2) is 24.3 Å². The second-order valence-corrected chi connectivity index (χ2v) is 8.43. The lowest BCUT2D eigenvalue weighted by molar-refractivity contribution is 0.337. The second kappa shape index (κ2) is 4.96. The number of para-hydroxylation sites is 1. The van der Waals surface area contributed by atoms with Gasteiger partial charge in [-0.25, -0.2) is 8.42 Å². The van der Waals surface area contributed by atoms with Crippen molar-refractivity contribution in [3.05, 3.63) is 29.8 Å². The van der Waals surface area contributed by atoms with E-state index in [1.165, 1.54) is 11.8 Å². The van der Waals surface area contributed by atoms with Crippen molar-refractivity contribution >= 4 is 26.8 Å². The molecule has 2 aliphatic rings. The third-order valence-corrected chi connectivity index (χ3v) is 6.90. The minimum atomic E-state index is -2.96. The minimum absolute atomic E-state index is 0.00204. The Kier molecular flexibility index (Phi) is 3.41. The van der Waals surface area contributed by atoms with Gasteiger partial charge in [-0.1, -0.05) is 30.0 Å². The second-order valence-electron chi connectivity index (χ2n) is 5.05. The molecule has 2 heterocycles. The van der Waals surface area contributed by atoms with E-state index in [4.69, 9.17) is 10.1 Å². The van der Waals surface area contributed by atoms with Crippen molar-refractivity contribution < 1.29 is 13.2 Å². The molecule has 108 valence electrons. The summed E-state index contributed by atoms with van der Waals surface area (Å²) in [5.41, 5.74) is 0.977. The van der Waals surface area contributed by atoms with Gasteiger partial charge in [0.2, 0.25) is 0 Å². The fraction of sp³-hybridized carbons (Fsp3) is 0.462. The van der Waals surface area contributed by atoms with E-state index in [9.17, 15) is 8.42 Å². The van der Waals surface area contributed by atoms with Gasteiger partial charge in [0.25, 0.3) is 0 Å². The number of nitrogens with one attached hydrogen (secondary N) is 1. The Labute approximate surface area is 122 Å². The molecule has 3 rings (SSSR count). The van der Waals surface area contributed by atoms with Gasteiger partial charge in [-0.15, -0.1) is 0 Å². The lowest BCUT2D eigenvalue weighted by atomic mass is 10.1. The van der Waals surface area contributed by atoms with E-state index >= 15 is 0 Å². The number of sulfone groups is 1. The van der Waals surface area contributed by atoms with Crippen molar-refractivity contribution in [2.24, 2.45) is 0 Å². The van der Waals surface area contributed by atoms with E-state index in [-0.39, 0.29) is 22.8 Å². The van der Waals surface area contributed by atoms with E-state index in [1.54, 1.807) is 7.11 Å². The highest BCUT2D eigenvalue weighted by molar-refractivity contribution is 8.15. The Morgan fingerprint density at radius 1 is 1.40 bits per heavy atom. The van der Waals surface area contributed by atoms with Crippen LogP contribution in [0, 0.1) is 5.41 Å². The number of amidine groups is 1. The third kappa shape index (κ3) is 2.40. The van der Waals surface area contributed by atoms with Gasteiger partial charge in [0.05, 0.1) is 24.7 Å². The summed E-state index contributed by atoms with van der Waals surface area (Å²) in [6.07, 6.45) is 0. The maximum atomic E-state index is 11.7. The van der Waals surface area contributed by atoms with Gasteiger partial charge in [0, 0.05) is 17.4 Å². The van der Waals surface area contributed by atoms with Crippen molar-refractivity contribution in [2.75, 3.05) is 18.6 Å². The largest absolute Gasteiger partial charge is 0.496 e. The molecule has 2 saturated heterocycles. The zero-order chi connectivity index (χ0) is 14.3. The SMILES string of the molecule is COc1ccccc1CN1C(=N)S[C@@H]2CS(=O)(=O)C[C@@H]21. The number of thioether (sulfide) groups is 1. The standard InChI is InChI=1S/C13H16N2O3S2/c1-18-11-5-3-2-4-9(11)6-15-10-7-20(16,17)8-12(10)19-13(15)14/h2-5,10,12,14H,6-8H2,1H3/t10-,12+/m0/s1. The maximum absolute atomic E-state index is 11.7. The van der Waals surface area contributed by atoms with Gasteiger partial charge < -0.3 is 9.64 Å². The number of hydrogen-bond donors (Lipinski definition) is 1. The molecule has 0 amide bonds. The Bertz CT molecular complexity index is 645. The Morgan fingerprint density at radius 3 is 2.90 bits per heavy atom. The molecule has 2 atom stereocenters. The van der Waals surface area contributed by atoms with Crippen LogP contribution in [0.4, 0.5) is 0 Å². The molecule has 2 aliphatic heterocycles. The topological polar surface area (TPSA) is 70.5 Å². The van der Waals surface area contributed by atoms with Crippen LogP contribution in [-0.2, 0) is 16.4 Å². The smallest absolute Gasteiger partial charge is 0.157 e. The molecule has 0 aliphatic carbocycles. The quantitative estimate of drug-likeness (QED) is 0.912. The molecule has 1 aromatic rings. The van der Waals surface area contributed by atoms with Gasteiger partial charge in [0.15, 0.2) is 15.0 Å². The van der Waals surface area contributed by atoms with Crippen LogP contribution in [-0.4, -0.2) is 48.4 Å². The molecular formula is C13H16N2O3S2. The molecule has 20 heavy (non-hydrogen) atoms. The first-order valence-corrected chi connectivity index (χ1v) is 9.04. The van der Waals surface area contributed by atoms with Crippen LogP contribution in [0.25, 0.3) is 0 Å². The summed E-state index contributed by atoms with van der Waals surface area (Å²) in [6, 6.07) is 7.57. The molecule has 5 nitrogen and oxygen atoms in total. The molecule has 1 aromatic carbocycles. The molecule has 7 heteroatoms. The van der Waals surface area contributed by atoms with E-state index in [1.807, 2.05) is 29.2 Å². The monoisotopic (exact) mass is 312 g/mol. The van der Waals surface area contributed by atoms with E-state index in [2.05, 4.69) is 0 Å². The Hall–Kier alpha value is -1.21. The molecule has 1 N–H and O–H groups in total. The molecule has 0 bridgehead atoms. The fourth-order valence-electron chi connectivity index (χ4n) is 2.77. The van der Waals surface area contributed by atoms with Crippen molar-refractivity contribution in [1.29, 1.82) is 5.41 Å². The fourth-order valence-corrected chi connectivity index (χ4v) is 6.60. The van der Waals surface area contributed by atoms with Crippen LogP contribution in [0.3, 0.4) is 0 Å². The van der Waals surface area contributed by atoms with Crippen molar-refractivity contribution in [1.82, 2.24) is 4.90 Å². The zero-order valence-electron chi connectivity index (χ0n) is 11.1. The van der Waals surface area contributed by atoms with Crippen LogP contribution in [0.5, 0.6) is 5.75 Å². The predicted octanol–water partition coefficient (Wildman–Crippen LogP) is 1.34. The number of fused-ring (bicyclic) bond motifs is 1. The van der Waals surface area contributed by atoms with Crippen molar-refractivity contribution in [2.45, 2.75) is 17.8 Å². The van der Waals surface area contributed by atoms with Gasteiger partial charge in [-0.05, 0) is 6.07 Å². The lowest BCUT2D eigenvalue weighted by Crippen LogP contribution is -2.36. The summed E-state index contributed by atoms with van der Waals surface area (Å²) in [5.74, 6) is 1.12. The van der Waals surface area contributed by atoms with Crippen LogP contribution < -0.4 is 4.74 Å². The highest BCUT2D eigenvalue weighted by Crippen LogP contribution is 2.38. The minimum Gasteiger partial charge on any atom is -0.496 e. The Balaban J connectivity index is 1.85. The predicted molar refractivity (Wildman–Crippen MR) is 80.1 cm³/mol. The summed E-state index contributed by atoms with van der Waals surface area (Å²) in [5, 5.41) is 8.52. The number of nitrogens with zero attached hydrogens (tertiary/aromatic N) is 1. The first kappa shape index (κ1) is 13.8. The number of hydrogen-bond acceptors (Lipinski definition) is 5. The summed E-state index contributed by atoms with van der Waals surface area (Å²) in [6.45, 7) is 0.520. The Morgan fingerprint density at radius 2 is 2.15 bits per heavy atom. The molecule has 2 fully saturated rings. The molecule has 0 saturated carbocycles. The maximum Gasteiger partial charge on any atom is 0.157 e. The van der Waals surface area contributed by atoms with Gasteiger partial charge in [0.1, 0.15) is 5.75 Å². The first-order chi connectivity index (χ1) is 9.50. The average molecular weight is 312 g/mol. The summed E-state index contributed by atoms with van der Waals surface area (Å²) in [7, 11) is -1.34. The highest BCUT2D eigenvalue weighted by atomic mass is 32.2. The zero-order valence-corrected chi connectivity index (χ0v) is 12.7. The van der Waals surface area contributed by atoms with Crippen molar-refractivity contribution in [3.8, 4) is 5.75 Å². The van der Waals surface area contributed by atoms with Gasteiger partial charge in [-0.3, -0.25) is 5.41 Å². The lowest BCUT2D eigenvalue weighted by Gasteiger charge is -2.24. The summed E-state index contributed by atoms with van der Waals surface area (Å²) < 4.78 is 28.8. The number of ether oxygens (including phenoxy) is 1. The van der Waals surface area contributed by atoms with E-state index < -0.39 is 9.84 Å². The third-order valence-electron chi connectivity index (χ3n) is 3.73. The van der Waals surface area contributed by atoms with Gasteiger partial charge >= 0.3 is 0 Å². The van der Waals surface area contributed by atoms with Crippen molar-refractivity contribution in [3.63, 3.8) is 0 Å².